The molecule has 0 radical (unpaired) electrons. The van der Waals surface area contributed by atoms with E-state index in [-0.39, 0.29) is 24.4 Å². The summed E-state index contributed by atoms with van der Waals surface area (Å²) in [6.45, 7) is 4.23. The SMILES string of the molecule is CO[C@H]1CC(C)(C)[C@H](CO)O1. The first-order valence-corrected chi connectivity index (χ1v) is 3.89. The highest BCUT2D eigenvalue weighted by atomic mass is 16.7. The molecular formula is C8H16O3. The predicted octanol–water partition coefficient (Wildman–Crippen LogP) is 0.766. The van der Waals surface area contributed by atoms with E-state index in [1.54, 1.807) is 7.11 Å². The zero-order valence-corrected chi connectivity index (χ0v) is 7.33. The third-order valence-corrected chi connectivity index (χ3v) is 2.31. The Balaban J connectivity index is 2.55. The van der Waals surface area contributed by atoms with E-state index in [9.17, 15) is 0 Å². The summed E-state index contributed by atoms with van der Waals surface area (Å²) in [6, 6.07) is 0. The number of ether oxygens (including phenoxy) is 2. The zero-order valence-electron chi connectivity index (χ0n) is 7.33. The van der Waals surface area contributed by atoms with Crippen LogP contribution in [0.3, 0.4) is 0 Å². The Morgan fingerprint density at radius 3 is 2.55 bits per heavy atom. The van der Waals surface area contributed by atoms with Gasteiger partial charge in [0, 0.05) is 13.5 Å². The van der Waals surface area contributed by atoms with Crippen molar-refractivity contribution in [3.8, 4) is 0 Å². The minimum Gasteiger partial charge on any atom is -0.394 e. The summed E-state index contributed by atoms with van der Waals surface area (Å²) in [7, 11) is 1.63. The van der Waals surface area contributed by atoms with Crippen molar-refractivity contribution >= 4 is 0 Å². The first kappa shape index (κ1) is 8.97. The molecule has 3 nitrogen and oxygen atoms in total. The van der Waals surface area contributed by atoms with Gasteiger partial charge in [-0.3, -0.25) is 0 Å². The molecule has 1 rings (SSSR count). The third kappa shape index (κ3) is 1.72. The smallest absolute Gasteiger partial charge is 0.158 e. The molecule has 0 aromatic carbocycles. The maximum atomic E-state index is 8.93. The van der Waals surface area contributed by atoms with Crippen molar-refractivity contribution in [3.05, 3.63) is 0 Å². The van der Waals surface area contributed by atoms with E-state index in [2.05, 4.69) is 13.8 Å². The van der Waals surface area contributed by atoms with Crippen molar-refractivity contribution in [1.82, 2.24) is 0 Å². The van der Waals surface area contributed by atoms with Crippen LogP contribution in [0.4, 0.5) is 0 Å². The van der Waals surface area contributed by atoms with Gasteiger partial charge in [-0.2, -0.15) is 0 Å². The van der Waals surface area contributed by atoms with Gasteiger partial charge in [0.15, 0.2) is 6.29 Å². The highest BCUT2D eigenvalue weighted by Gasteiger charge is 2.41. The average Bonchev–Trinajstić information content (AvgIpc) is 2.24. The molecule has 0 unspecified atom stereocenters. The van der Waals surface area contributed by atoms with Crippen LogP contribution in [0.5, 0.6) is 0 Å². The topological polar surface area (TPSA) is 38.7 Å². The molecule has 0 saturated carbocycles. The molecular weight excluding hydrogens is 144 g/mol. The van der Waals surface area contributed by atoms with Gasteiger partial charge in [-0.25, -0.2) is 0 Å². The molecule has 0 aromatic rings. The van der Waals surface area contributed by atoms with Crippen LogP contribution in [-0.2, 0) is 9.47 Å². The quantitative estimate of drug-likeness (QED) is 0.648. The third-order valence-electron chi connectivity index (χ3n) is 2.31. The standard InChI is InChI=1S/C8H16O3/c1-8(2)4-7(10-3)11-6(8)5-9/h6-7,9H,4-5H2,1-3H3/t6-,7+/m0/s1. The van der Waals surface area contributed by atoms with Crippen molar-refractivity contribution < 1.29 is 14.6 Å². The Morgan fingerprint density at radius 2 is 2.27 bits per heavy atom. The van der Waals surface area contributed by atoms with E-state index >= 15 is 0 Å². The van der Waals surface area contributed by atoms with Gasteiger partial charge in [0.05, 0.1) is 12.7 Å². The van der Waals surface area contributed by atoms with Gasteiger partial charge in [0.25, 0.3) is 0 Å². The molecule has 2 atom stereocenters. The molecule has 3 heteroatoms. The van der Waals surface area contributed by atoms with Crippen LogP contribution in [0.15, 0.2) is 0 Å². The van der Waals surface area contributed by atoms with E-state index in [0.29, 0.717) is 0 Å². The largest absolute Gasteiger partial charge is 0.394 e. The molecule has 0 spiro atoms. The van der Waals surface area contributed by atoms with Crippen molar-refractivity contribution in [3.63, 3.8) is 0 Å². The Morgan fingerprint density at radius 1 is 1.64 bits per heavy atom. The van der Waals surface area contributed by atoms with E-state index in [0.717, 1.165) is 6.42 Å². The molecule has 1 aliphatic heterocycles. The van der Waals surface area contributed by atoms with E-state index in [1.807, 2.05) is 0 Å². The summed E-state index contributed by atoms with van der Waals surface area (Å²) in [4.78, 5) is 0. The molecule has 0 amide bonds. The van der Waals surface area contributed by atoms with Crippen LogP contribution < -0.4 is 0 Å². The summed E-state index contributed by atoms with van der Waals surface area (Å²) < 4.78 is 10.4. The Kier molecular flexibility index (Phi) is 2.52. The van der Waals surface area contributed by atoms with Crippen molar-refractivity contribution in [1.29, 1.82) is 0 Å². The van der Waals surface area contributed by atoms with Crippen molar-refractivity contribution in [2.45, 2.75) is 32.7 Å². The lowest BCUT2D eigenvalue weighted by Gasteiger charge is -2.21. The fourth-order valence-corrected chi connectivity index (χ4v) is 1.41. The highest BCUT2D eigenvalue weighted by molar-refractivity contribution is 4.85. The molecule has 1 fully saturated rings. The molecule has 66 valence electrons. The summed E-state index contributed by atoms with van der Waals surface area (Å²) in [5, 5.41) is 8.93. The van der Waals surface area contributed by atoms with Gasteiger partial charge >= 0.3 is 0 Å². The summed E-state index contributed by atoms with van der Waals surface area (Å²) in [5.74, 6) is 0. The first-order chi connectivity index (χ1) is 5.10. The number of methoxy groups -OCH3 is 1. The van der Waals surface area contributed by atoms with Gasteiger partial charge in [-0.15, -0.1) is 0 Å². The van der Waals surface area contributed by atoms with Crippen LogP contribution in [0.25, 0.3) is 0 Å². The second kappa shape index (κ2) is 3.09. The van der Waals surface area contributed by atoms with Crippen molar-refractivity contribution in [2.24, 2.45) is 5.41 Å². The average molecular weight is 160 g/mol. The lowest BCUT2D eigenvalue weighted by molar-refractivity contribution is -0.127. The Labute approximate surface area is 67.3 Å². The van der Waals surface area contributed by atoms with Gasteiger partial charge in [-0.05, 0) is 5.41 Å². The zero-order chi connectivity index (χ0) is 8.48. The van der Waals surface area contributed by atoms with E-state index in [4.69, 9.17) is 14.6 Å². The van der Waals surface area contributed by atoms with Gasteiger partial charge in [0.2, 0.25) is 0 Å². The maximum absolute atomic E-state index is 8.93. The molecule has 1 heterocycles. The summed E-state index contributed by atoms with van der Waals surface area (Å²) in [6.07, 6.45) is 0.643. The van der Waals surface area contributed by atoms with Gasteiger partial charge in [0.1, 0.15) is 0 Å². The molecule has 1 aliphatic rings. The van der Waals surface area contributed by atoms with E-state index in [1.165, 1.54) is 0 Å². The maximum Gasteiger partial charge on any atom is 0.158 e. The minimum atomic E-state index is -0.137. The van der Waals surface area contributed by atoms with Crippen LogP contribution in [0, 0.1) is 5.41 Å². The van der Waals surface area contributed by atoms with Crippen LogP contribution in [0.1, 0.15) is 20.3 Å². The monoisotopic (exact) mass is 160 g/mol. The number of hydrogen-bond donors (Lipinski definition) is 1. The molecule has 1 saturated heterocycles. The first-order valence-electron chi connectivity index (χ1n) is 3.89. The number of hydrogen-bond acceptors (Lipinski definition) is 3. The fourth-order valence-electron chi connectivity index (χ4n) is 1.41. The Bertz CT molecular complexity index is 133. The number of rotatable bonds is 2. The second-order valence-corrected chi connectivity index (χ2v) is 3.67. The number of aliphatic hydroxyl groups excluding tert-OH is 1. The fraction of sp³-hybridized carbons (Fsp3) is 1.00. The second-order valence-electron chi connectivity index (χ2n) is 3.67. The molecule has 0 bridgehead atoms. The summed E-state index contributed by atoms with van der Waals surface area (Å²) in [5.41, 5.74) is 0.0371. The van der Waals surface area contributed by atoms with Crippen molar-refractivity contribution in [2.75, 3.05) is 13.7 Å². The highest BCUT2D eigenvalue weighted by Crippen LogP contribution is 2.37. The predicted molar refractivity (Wildman–Crippen MR) is 41.2 cm³/mol. The normalized spacial score (nSPS) is 36.0. The lowest BCUT2D eigenvalue weighted by atomic mass is 9.86. The molecule has 1 N–H and O–H groups in total. The molecule has 11 heavy (non-hydrogen) atoms. The minimum absolute atomic E-state index is 0.0371. The van der Waals surface area contributed by atoms with E-state index < -0.39 is 0 Å². The van der Waals surface area contributed by atoms with Gasteiger partial charge in [-0.1, -0.05) is 13.8 Å². The van der Waals surface area contributed by atoms with Crippen LogP contribution in [0.2, 0.25) is 0 Å². The Hall–Kier alpha value is -0.120. The summed E-state index contributed by atoms with van der Waals surface area (Å²) >= 11 is 0. The van der Waals surface area contributed by atoms with Crippen LogP contribution >= 0.6 is 0 Å². The molecule has 0 aromatic heterocycles. The number of aliphatic hydroxyl groups is 1. The van der Waals surface area contributed by atoms with Crippen LogP contribution in [-0.4, -0.2) is 31.2 Å². The lowest BCUT2D eigenvalue weighted by Crippen LogP contribution is -2.27. The molecule has 0 aliphatic carbocycles. The van der Waals surface area contributed by atoms with Gasteiger partial charge < -0.3 is 14.6 Å².